The summed E-state index contributed by atoms with van der Waals surface area (Å²) in [5.74, 6) is -3.47. The number of aliphatic hydroxyl groups excluding tert-OH is 1. The highest BCUT2D eigenvalue weighted by Crippen LogP contribution is 2.41. The minimum atomic E-state index is -4.62. The third kappa shape index (κ3) is 2.06. The molecule has 1 unspecified atom stereocenters. The fourth-order valence-electron chi connectivity index (χ4n) is 1.66. The van der Waals surface area contributed by atoms with Gasteiger partial charge in [0.05, 0.1) is 12.1 Å². The number of hydrogen-bond donors (Lipinski definition) is 2. The number of hydrogen-bond acceptors (Lipinski definition) is 2. The Hall–Kier alpha value is -1.37. The van der Waals surface area contributed by atoms with Gasteiger partial charge in [-0.05, 0) is 18.2 Å². The van der Waals surface area contributed by atoms with Crippen LogP contribution in [0.2, 0.25) is 0 Å². The van der Waals surface area contributed by atoms with Gasteiger partial charge in [-0.2, -0.15) is 13.2 Å². The second-order valence-electron chi connectivity index (χ2n) is 3.82. The fraction of sp³-hybridized carbons (Fsp3) is 0.400. The Balaban J connectivity index is 2.48. The third-order valence-corrected chi connectivity index (χ3v) is 2.59. The topological polar surface area (TPSA) is 32.3 Å². The highest BCUT2D eigenvalue weighted by molar-refractivity contribution is 5.57. The molecule has 0 amide bonds. The van der Waals surface area contributed by atoms with Gasteiger partial charge in [-0.25, -0.2) is 8.78 Å². The highest BCUT2D eigenvalue weighted by Gasteiger charge is 2.44. The summed E-state index contributed by atoms with van der Waals surface area (Å²) in [5.41, 5.74) is -1.40. The van der Waals surface area contributed by atoms with Gasteiger partial charge in [-0.3, -0.25) is 0 Å². The van der Waals surface area contributed by atoms with E-state index < -0.39 is 35.9 Å². The standard InChI is InChI=1S/C10H8F5NO/c11-9(12)4-16-7-2-1-5(10(13,14)15)3-6(7)8(9)17/h1-3,8,16-17H,4H2. The van der Waals surface area contributed by atoms with Crippen molar-refractivity contribution in [1.82, 2.24) is 0 Å². The van der Waals surface area contributed by atoms with E-state index in [0.717, 1.165) is 12.1 Å². The van der Waals surface area contributed by atoms with Crippen LogP contribution in [0.1, 0.15) is 17.2 Å². The molecule has 0 aliphatic carbocycles. The van der Waals surface area contributed by atoms with Gasteiger partial charge < -0.3 is 10.4 Å². The van der Waals surface area contributed by atoms with Crippen LogP contribution in [-0.2, 0) is 6.18 Å². The average Bonchev–Trinajstić information content (AvgIpc) is 2.22. The molecule has 1 heterocycles. The molecule has 0 radical (unpaired) electrons. The minimum absolute atomic E-state index is 0.0939. The maximum Gasteiger partial charge on any atom is 0.416 e. The van der Waals surface area contributed by atoms with Crippen LogP contribution in [0.15, 0.2) is 18.2 Å². The van der Waals surface area contributed by atoms with Crippen molar-refractivity contribution >= 4 is 5.69 Å². The molecular weight excluding hydrogens is 245 g/mol. The van der Waals surface area contributed by atoms with Crippen molar-refractivity contribution in [3.8, 4) is 0 Å². The molecule has 7 heteroatoms. The third-order valence-electron chi connectivity index (χ3n) is 2.59. The van der Waals surface area contributed by atoms with Crippen LogP contribution in [0, 0.1) is 0 Å². The molecule has 2 nitrogen and oxygen atoms in total. The largest absolute Gasteiger partial charge is 0.416 e. The summed E-state index contributed by atoms with van der Waals surface area (Å²) in [6, 6.07) is 2.36. The maximum absolute atomic E-state index is 13.1. The van der Waals surface area contributed by atoms with Crippen molar-refractivity contribution in [3.63, 3.8) is 0 Å². The Morgan fingerprint density at radius 1 is 1.29 bits per heavy atom. The molecule has 1 aromatic rings. The zero-order valence-electron chi connectivity index (χ0n) is 8.35. The van der Waals surface area contributed by atoms with E-state index in [1.807, 2.05) is 0 Å². The molecule has 17 heavy (non-hydrogen) atoms. The number of aliphatic hydroxyl groups is 1. The van der Waals surface area contributed by atoms with Crippen LogP contribution in [-0.4, -0.2) is 17.6 Å². The van der Waals surface area contributed by atoms with Gasteiger partial charge in [0.1, 0.15) is 6.10 Å². The number of rotatable bonds is 0. The quantitative estimate of drug-likeness (QED) is 0.697. The monoisotopic (exact) mass is 253 g/mol. The number of alkyl halides is 5. The lowest BCUT2D eigenvalue weighted by atomic mass is 9.95. The Morgan fingerprint density at radius 2 is 1.94 bits per heavy atom. The summed E-state index contributed by atoms with van der Waals surface area (Å²) in [6.07, 6.45) is -6.84. The molecule has 94 valence electrons. The van der Waals surface area contributed by atoms with Crippen molar-refractivity contribution in [2.75, 3.05) is 11.9 Å². The molecule has 0 spiro atoms. The summed E-state index contributed by atoms with van der Waals surface area (Å²) >= 11 is 0. The van der Waals surface area contributed by atoms with E-state index in [2.05, 4.69) is 5.32 Å². The zero-order valence-corrected chi connectivity index (χ0v) is 8.35. The summed E-state index contributed by atoms with van der Waals surface area (Å²) in [6.45, 7) is -0.799. The molecule has 0 fully saturated rings. The number of benzene rings is 1. The minimum Gasteiger partial charge on any atom is -0.382 e. The molecule has 1 atom stereocenters. The first kappa shape index (κ1) is 12.1. The summed E-state index contributed by atoms with van der Waals surface area (Å²) in [4.78, 5) is 0. The second-order valence-corrected chi connectivity index (χ2v) is 3.82. The lowest BCUT2D eigenvalue weighted by Gasteiger charge is -2.31. The molecular formula is C10H8F5NO. The van der Waals surface area contributed by atoms with E-state index >= 15 is 0 Å². The van der Waals surface area contributed by atoms with Crippen LogP contribution >= 0.6 is 0 Å². The van der Waals surface area contributed by atoms with Gasteiger partial charge in [0.25, 0.3) is 5.92 Å². The molecule has 2 rings (SSSR count). The van der Waals surface area contributed by atoms with Gasteiger partial charge in [0.2, 0.25) is 0 Å². The Labute approximate surface area is 93.1 Å². The van der Waals surface area contributed by atoms with Gasteiger partial charge in [0.15, 0.2) is 0 Å². The van der Waals surface area contributed by atoms with E-state index in [9.17, 15) is 27.1 Å². The van der Waals surface area contributed by atoms with E-state index in [1.165, 1.54) is 0 Å². The first-order valence-electron chi connectivity index (χ1n) is 4.73. The molecule has 0 saturated carbocycles. The molecule has 2 N–H and O–H groups in total. The number of anilines is 1. The van der Waals surface area contributed by atoms with Crippen LogP contribution in [0.3, 0.4) is 0 Å². The van der Waals surface area contributed by atoms with Crippen LogP contribution < -0.4 is 5.32 Å². The van der Waals surface area contributed by atoms with Gasteiger partial charge in [0, 0.05) is 11.3 Å². The van der Waals surface area contributed by atoms with Crippen molar-refractivity contribution in [3.05, 3.63) is 29.3 Å². The Bertz CT molecular complexity index is 443. The molecule has 0 saturated heterocycles. The molecule has 0 bridgehead atoms. The zero-order chi connectivity index (χ0) is 12.8. The summed E-state index contributed by atoms with van der Waals surface area (Å²) in [5, 5.41) is 11.6. The van der Waals surface area contributed by atoms with Gasteiger partial charge >= 0.3 is 6.18 Å². The van der Waals surface area contributed by atoms with Crippen LogP contribution in [0.5, 0.6) is 0 Å². The highest BCUT2D eigenvalue weighted by atomic mass is 19.4. The van der Waals surface area contributed by atoms with E-state index in [1.54, 1.807) is 0 Å². The SMILES string of the molecule is OC1c2cc(C(F)(F)F)ccc2NCC1(F)F. The fourth-order valence-corrected chi connectivity index (χ4v) is 1.66. The first-order valence-corrected chi connectivity index (χ1v) is 4.73. The number of nitrogens with one attached hydrogen (secondary N) is 1. The van der Waals surface area contributed by atoms with Crippen LogP contribution in [0.4, 0.5) is 27.6 Å². The number of halogens is 5. The average molecular weight is 253 g/mol. The normalized spacial score (nSPS) is 22.8. The van der Waals surface area contributed by atoms with Gasteiger partial charge in [-0.1, -0.05) is 0 Å². The summed E-state index contributed by atoms with van der Waals surface area (Å²) < 4.78 is 63.4. The van der Waals surface area contributed by atoms with E-state index in [4.69, 9.17) is 0 Å². The molecule has 0 aromatic heterocycles. The van der Waals surface area contributed by atoms with E-state index in [-0.39, 0.29) is 5.69 Å². The first-order chi connectivity index (χ1) is 7.72. The van der Waals surface area contributed by atoms with Crippen molar-refractivity contribution in [1.29, 1.82) is 0 Å². The second kappa shape index (κ2) is 3.56. The van der Waals surface area contributed by atoms with Crippen molar-refractivity contribution in [2.24, 2.45) is 0 Å². The van der Waals surface area contributed by atoms with Crippen LogP contribution in [0.25, 0.3) is 0 Å². The lowest BCUT2D eigenvalue weighted by Crippen LogP contribution is -2.38. The number of fused-ring (bicyclic) bond motifs is 1. The maximum atomic E-state index is 13.1. The van der Waals surface area contributed by atoms with Gasteiger partial charge in [-0.15, -0.1) is 0 Å². The van der Waals surface area contributed by atoms with E-state index in [0.29, 0.717) is 6.07 Å². The Morgan fingerprint density at radius 3 is 2.53 bits per heavy atom. The molecule has 1 aliphatic rings. The Kier molecular flexibility index (Phi) is 2.53. The smallest absolute Gasteiger partial charge is 0.382 e. The van der Waals surface area contributed by atoms with Crippen molar-refractivity contribution < 1.29 is 27.1 Å². The predicted molar refractivity (Wildman–Crippen MR) is 49.8 cm³/mol. The molecule has 1 aliphatic heterocycles. The summed E-state index contributed by atoms with van der Waals surface area (Å²) in [7, 11) is 0. The van der Waals surface area contributed by atoms with Crippen molar-refractivity contribution in [2.45, 2.75) is 18.2 Å². The predicted octanol–water partition coefficient (Wildman–Crippen LogP) is 2.80. The molecule has 1 aromatic carbocycles. The lowest BCUT2D eigenvalue weighted by molar-refractivity contribution is -0.138.